The van der Waals surface area contributed by atoms with Crippen LogP contribution in [0.2, 0.25) is 4.34 Å². The van der Waals surface area contributed by atoms with Crippen LogP contribution < -0.4 is 5.32 Å². The van der Waals surface area contributed by atoms with Crippen LogP contribution in [-0.2, 0) is 19.7 Å². The van der Waals surface area contributed by atoms with Gasteiger partial charge < -0.3 is 10.1 Å². The first kappa shape index (κ1) is 21.1. The summed E-state index contributed by atoms with van der Waals surface area (Å²) < 4.78 is 5.44. The van der Waals surface area contributed by atoms with Gasteiger partial charge in [0.15, 0.2) is 12.4 Å². The van der Waals surface area contributed by atoms with E-state index in [0.29, 0.717) is 14.9 Å². The van der Waals surface area contributed by atoms with Crippen molar-refractivity contribution in [2.75, 3.05) is 11.9 Å². The van der Waals surface area contributed by atoms with Crippen molar-refractivity contribution in [2.45, 2.75) is 39.0 Å². The molecule has 5 nitrogen and oxygen atoms in total. The molecule has 0 aliphatic heterocycles. The van der Waals surface area contributed by atoms with E-state index in [9.17, 15) is 14.4 Å². The number of hydrogen-bond acceptors (Lipinski definition) is 5. The summed E-state index contributed by atoms with van der Waals surface area (Å²) in [4.78, 5) is 36.0. The number of carbonyl (C=O) groups is 3. The van der Waals surface area contributed by atoms with Gasteiger partial charge in [0.25, 0.3) is 5.91 Å². The number of ether oxygens (including phenoxy) is 1. The van der Waals surface area contributed by atoms with E-state index in [4.69, 9.17) is 16.3 Å². The lowest BCUT2D eigenvalue weighted by Gasteiger charge is -2.19. The molecule has 2 rings (SSSR count). The lowest BCUT2D eigenvalue weighted by molar-refractivity contribution is -0.147. The van der Waals surface area contributed by atoms with Gasteiger partial charge in [-0.25, -0.2) is 0 Å². The molecule has 0 saturated carbocycles. The number of amides is 1. The normalized spacial score (nSPS) is 11.1. The molecular weight excluding hydrogens is 386 g/mol. The topological polar surface area (TPSA) is 72.5 Å². The van der Waals surface area contributed by atoms with Crippen LogP contribution in [0.25, 0.3) is 0 Å². The van der Waals surface area contributed by atoms with Gasteiger partial charge in [-0.2, -0.15) is 0 Å². The molecule has 7 heteroatoms. The number of anilines is 1. The van der Waals surface area contributed by atoms with Crippen LogP contribution in [0.15, 0.2) is 36.4 Å². The molecule has 0 aliphatic rings. The largest absolute Gasteiger partial charge is 0.456 e. The highest BCUT2D eigenvalue weighted by molar-refractivity contribution is 7.18. The first-order valence-electron chi connectivity index (χ1n) is 8.50. The third-order valence-electron chi connectivity index (χ3n) is 3.80. The summed E-state index contributed by atoms with van der Waals surface area (Å²) in [7, 11) is 0. The van der Waals surface area contributed by atoms with Crippen molar-refractivity contribution in [3.63, 3.8) is 0 Å². The fourth-order valence-electron chi connectivity index (χ4n) is 2.27. The Morgan fingerprint density at radius 3 is 2.26 bits per heavy atom. The van der Waals surface area contributed by atoms with E-state index in [-0.39, 0.29) is 24.0 Å². The van der Waals surface area contributed by atoms with E-state index in [0.717, 1.165) is 5.56 Å². The number of thiophene rings is 1. The number of halogens is 1. The molecule has 27 heavy (non-hydrogen) atoms. The maximum atomic E-state index is 11.9. The summed E-state index contributed by atoms with van der Waals surface area (Å²) in [6.45, 7) is 5.94. The first-order chi connectivity index (χ1) is 12.6. The van der Waals surface area contributed by atoms with Crippen molar-refractivity contribution in [3.05, 3.63) is 51.2 Å². The van der Waals surface area contributed by atoms with E-state index in [2.05, 4.69) is 26.1 Å². The minimum Gasteiger partial charge on any atom is -0.456 e. The third-order valence-corrected chi connectivity index (χ3v) is 5.08. The van der Waals surface area contributed by atoms with Gasteiger partial charge in [-0.15, -0.1) is 11.3 Å². The SMILES string of the molecule is CC(C)(C)c1ccc(NC(=O)COC(=O)CCC(=O)c2ccc(Cl)s2)cc1. The summed E-state index contributed by atoms with van der Waals surface area (Å²) in [5.74, 6) is -1.19. The summed E-state index contributed by atoms with van der Waals surface area (Å²) >= 11 is 6.95. The molecule has 1 amide bonds. The second-order valence-electron chi connectivity index (χ2n) is 7.06. The molecule has 0 bridgehead atoms. The van der Waals surface area contributed by atoms with Gasteiger partial charge in [-0.3, -0.25) is 14.4 Å². The monoisotopic (exact) mass is 407 g/mol. The number of Topliss-reactive ketones (excluding diaryl/α,β-unsaturated/α-hetero) is 1. The molecule has 1 aromatic heterocycles. The fraction of sp³-hybridized carbons (Fsp3) is 0.350. The molecule has 0 atom stereocenters. The van der Waals surface area contributed by atoms with E-state index in [1.54, 1.807) is 12.1 Å². The highest BCUT2D eigenvalue weighted by Crippen LogP contribution is 2.24. The molecule has 0 radical (unpaired) electrons. The van der Waals surface area contributed by atoms with Crippen molar-refractivity contribution in [1.82, 2.24) is 0 Å². The van der Waals surface area contributed by atoms with Gasteiger partial charge in [0.1, 0.15) is 0 Å². The van der Waals surface area contributed by atoms with Crippen molar-refractivity contribution in [1.29, 1.82) is 0 Å². The zero-order chi connectivity index (χ0) is 20.0. The first-order valence-corrected chi connectivity index (χ1v) is 9.69. The number of carbonyl (C=O) groups excluding carboxylic acids is 3. The lowest BCUT2D eigenvalue weighted by Crippen LogP contribution is -2.21. The predicted molar refractivity (Wildman–Crippen MR) is 108 cm³/mol. The highest BCUT2D eigenvalue weighted by Gasteiger charge is 2.15. The molecule has 1 N–H and O–H groups in total. The molecule has 0 spiro atoms. The minimum absolute atomic E-state index is 0.0194. The van der Waals surface area contributed by atoms with Gasteiger partial charge in [-0.05, 0) is 35.2 Å². The van der Waals surface area contributed by atoms with Crippen LogP contribution in [0.5, 0.6) is 0 Å². The van der Waals surface area contributed by atoms with Crippen LogP contribution >= 0.6 is 22.9 Å². The van der Waals surface area contributed by atoms with Crippen molar-refractivity contribution in [2.24, 2.45) is 0 Å². The molecule has 144 valence electrons. The Bertz CT molecular complexity index is 821. The molecule has 0 unspecified atom stereocenters. The van der Waals surface area contributed by atoms with Gasteiger partial charge in [0, 0.05) is 12.1 Å². The summed E-state index contributed by atoms with van der Waals surface area (Å²) in [5, 5.41) is 2.67. The van der Waals surface area contributed by atoms with Crippen LogP contribution in [0.1, 0.15) is 48.8 Å². The smallest absolute Gasteiger partial charge is 0.306 e. The van der Waals surface area contributed by atoms with Gasteiger partial charge in [0.05, 0.1) is 15.6 Å². The average Bonchev–Trinajstić information content (AvgIpc) is 3.04. The standard InChI is InChI=1S/C20H22ClNO4S/c1-20(2,3)13-4-6-14(7-5-13)22-18(24)12-26-19(25)11-8-15(23)16-9-10-17(21)27-16/h4-7,9-10H,8,11-12H2,1-3H3,(H,22,24). The maximum absolute atomic E-state index is 11.9. The van der Waals surface area contributed by atoms with Gasteiger partial charge in [-0.1, -0.05) is 44.5 Å². The second kappa shape index (κ2) is 9.15. The van der Waals surface area contributed by atoms with Crippen LogP contribution in [-0.4, -0.2) is 24.3 Å². The molecule has 0 fully saturated rings. The Morgan fingerprint density at radius 2 is 1.70 bits per heavy atom. The van der Waals surface area contributed by atoms with E-state index in [1.807, 2.05) is 24.3 Å². The number of ketones is 1. The van der Waals surface area contributed by atoms with Crippen molar-refractivity contribution in [3.8, 4) is 0 Å². The number of rotatable bonds is 7. The predicted octanol–water partition coefficient (Wildman–Crippen LogP) is 4.84. The quantitative estimate of drug-likeness (QED) is 0.526. The van der Waals surface area contributed by atoms with Crippen molar-refractivity contribution < 1.29 is 19.1 Å². The summed E-state index contributed by atoms with van der Waals surface area (Å²) in [5.41, 5.74) is 1.82. The minimum atomic E-state index is -0.593. The van der Waals surface area contributed by atoms with E-state index < -0.39 is 18.5 Å². The van der Waals surface area contributed by atoms with Crippen LogP contribution in [0.4, 0.5) is 5.69 Å². The Kier molecular flexibility index (Phi) is 7.16. The van der Waals surface area contributed by atoms with E-state index in [1.165, 1.54) is 11.3 Å². The summed E-state index contributed by atoms with van der Waals surface area (Å²) in [6, 6.07) is 10.8. The van der Waals surface area contributed by atoms with E-state index >= 15 is 0 Å². The molecule has 0 saturated heterocycles. The maximum Gasteiger partial charge on any atom is 0.306 e. The van der Waals surface area contributed by atoms with Crippen LogP contribution in [0, 0.1) is 0 Å². The molecule has 1 heterocycles. The zero-order valence-corrected chi connectivity index (χ0v) is 17.1. The molecular formula is C20H22ClNO4S. The zero-order valence-electron chi connectivity index (χ0n) is 15.5. The number of hydrogen-bond donors (Lipinski definition) is 1. The average molecular weight is 408 g/mol. The Hall–Kier alpha value is -2.18. The second-order valence-corrected chi connectivity index (χ2v) is 8.78. The Labute approximate surface area is 167 Å². The van der Waals surface area contributed by atoms with Crippen molar-refractivity contribution >= 4 is 46.3 Å². The number of benzene rings is 1. The molecule has 1 aromatic carbocycles. The highest BCUT2D eigenvalue weighted by atomic mass is 35.5. The van der Waals surface area contributed by atoms with Gasteiger partial charge >= 0.3 is 5.97 Å². The van der Waals surface area contributed by atoms with Crippen LogP contribution in [0.3, 0.4) is 0 Å². The Morgan fingerprint density at radius 1 is 1.04 bits per heavy atom. The molecule has 2 aromatic rings. The fourth-order valence-corrected chi connectivity index (χ4v) is 3.28. The third kappa shape index (κ3) is 6.81. The number of esters is 1. The lowest BCUT2D eigenvalue weighted by atomic mass is 9.87. The number of nitrogens with one attached hydrogen (secondary N) is 1. The summed E-state index contributed by atoms with van der Waals surface area (Å²) in [6.07, 6.45) is -0.0620. The van der Waals surface area contributed by atoms with Gasteiger partial charge in [0.2, 0.25) is 0 Å². The molecule has 0 aliphatic carbocycles. The Balaban J connectivity index is 1.73.